The summed E-state index contributed by atoms with van der Waals surface area (Å²) in [5, 5.41) is 13.7. The molecule has 0 aliphatic heterocycles. The van der Waals surface area contributed by atoms with Gasteiger partial charge in [-0.15, -0.1) is 0 Å². The molecule has 1 saturated carbocycles. The highest BCUT2D eigenvalue weighted by molar-refractivity contribution is 6.04. The van der Waals surface area contributed by atoms with Gasteiger partial charge in [-0.25, -0.2) is 13.8 Å². The topological polar surface area (TPSA) is 76.4 Å². The molecular formula is C31H31F2N3O3. The molecule has 39 heavy (non-hydrogen) atoms. The van der Waals surface area contributed by atoms with E-state index in [1.807, 2.05) is 38.1 Å². The summed E-state index contributed by atoms with van der Waals surface area (Å²) >= 11 is 0. The molecule has 0 radical (unpaired) electrons. The maximum absolute atomic E-state index is 15.0. The number of hydrogen-bond donors (Lipinski definition) is 2. The van der Waals surface area contributed by atoms with Crippen molar-refractivity contribution in [1.82, 2.24) is 9.71 Å². The number of carbonyl (C=O) groups is 1. The lowest BCUT2D eigenvalue weighted by molar-refractivity contribution is -0.0724. The van der Waals surface area contributed by atoms with E-state index in [0.717, 1.165) is 27.0 Å². The van der Waals surface area contributed by atoms with E-state index >= 15 is 0 Å². The van der Waals surface area contributed by atoms with Gasteiger partial charge in [0.2, 0.25) is 0 Å². The van der Waals surface area contributed by atoms with Crippen LogP contribution in [-0.4, -0.2) is 27.9 Å². The number of aryl methyl sites for hydroxylation is 3. The van der Waals surface area contributed by atoms with Crippen molar-refractivity contribution in [2.45, 2.75) is 46.5 Å². The molecule has 0 atom stereocenters. The van der Waals surface area contributed by atoms with Crippen LogP contribution in [0.5, 0.6) is 5.75 Å². The normalized spacial score (nSPS) is 14.2. The third-order valence-corrected chi connectivity index (χ3v) is 7.69. The Labute approximate surface area is 226 Å². The number of imidazole rings is 1. The van der Waals surface area contributed by atoms with Crippen molar-refractivity contribution in [1.29, 1.82) is 0 Å². The number of benzene rings is 3. The molecule has 4 aromatic rings. The molecule has 1 aliphatic rings. The second kappa shape index (κ2) is 9.52. The van der Waals surface area contributed by atoms with Crippen LogP contribution in [0.4, 0.5) is 14.5 Å². The number of aromatic nitrogens is 2. The first-order valence-corrected chi connectivity index (χ1v) is 12.8. The summed E-state index contributed by atoms with van der Waals surface area (Å²) in [7, 11) is 1.60. The smallest absolute Gasteiger partial charge is 0.278 e. The van der Waals surface area contributed by atoms with Gasteiger partial charge in [-0.05, 0) is 80.6 Å². The fraction of sp³-hybridized carbons (Fsp3) is 0.290. The van der Waals surface area contributed by atoms with Crippen molar-refractivity contribution in [3.63, 3.8) is 0 Å². The maximum Gasteiger partial charge on any atom is 0.278 e. The minimum Gasteiger partial charge on any atom is -0.496 e. The predicted molar refractivity (Wildman–Crippen MR) is 147 cm³/mol. The van der Waals surface area contributed by atoms with Crippen molar-refractivity contribution in [3.05, 3.63) is 88.7 Å². The van der Waals surface area contributed by atoms with Crippen LogP contribution in [0.1, 0.15) is 52.6 Å². The van der Waals surface area contributed by atoms with Crippen molar-refractivity contribution in [2.24, 2.45) is 5.41 Å². The number of rotatable bonds is 7. The first-order valence-electron chi connectivity index (χ1n) is 12.8. The summed E-state index contributed by atoms with van der Waals surface area (Å²) in [6, 6.07) is 17.1. The molecule has 6 nitrogen and oxygen atoms in total. The van der Waals surface area contributed by atoms with Gasteiger partial charge >= 0.3 is 0 Å². The van der Waals surface area contributed by atoms with Crippen LogP contribution in [0.3, 0.4) is 0 Å². The Kier molecular flexibility index (Phi) is 6.45. The van der Waals surface area contributed by atoms with E-state index in [1.165, 1.54) is 18.2 Å². The highest BCUT2D eigenvalue weighted by atomic mass is 19.3. The molecule has 0 bridgehead atoms. The summed E-state index contributed by atoms with van der Waals surface area (Å²) in [6.07, 6.45) is 0.914. The quantitative estimate of drug-likeness (QED) is 0.242. The first kappa shape index (κ1) is 26.4. The summed E-state index contributed by atoms with van der Waals surface area (Å²) < 4.78 is 36.3. The van der Waals surface area contributed by atoms with Crippen molar-refractivity contribution in [3.8, 4) is 28.3 Å². The lowest BCUT2D eigenvalue weighted by Gasteiger charge is -2.24. The number of ether oxygens (including phenoxy) is 1. The molecule has 3 aromatic carbocycles. The van der Waals surface area contributed by atoms with Gasteiger partial charge < -0.3 is 15.3 Å². The number of carbonyl (C=O) groups excluding carboxylic acids is 1. The Morgan fingerprint density at radius 2 is 1.72 bits per heavy atom. The summed E-state index contributed by atoms with van der Waals surface area (Å²) in [5.41, 5.74) is 3.78. The zero-order chi connectivity index (χ0) is 28.1. The fourth-order valence-electron chi connectivity index (χ4n) is 5.08. The molecule has 1 fully saturated rings. The van der Waals surface area contributed by atoms with Gasteiger partial charge in [0.05, 0.1) is 12.8 Å². The van der Waals surface area contributed by atoms with Crippen molar-refractivity contribution >= 4 is 11.6 Å². The van der Waals surface area contributed by atoms with Crippen LogP contribution in [0, 0.1) is 26.2 Å². The van der Waals surface area contributed by atoms with Gasteiger partial charge in [0, 0.05) is 27.8 Å². The molecule has 5 rings (SSSR count). The third-order valence-electron chi connectivity index (χ3n) is 7.69. The highest BCUT2D eigenvalue weighted by Gasteiger charge is 2.59. The number of halogens is 2. The molecule has 202 valence electrons. The lowest BCUT2D eigenvalue weighted by atomic mass is 9.93. The zero-order valence-corrected chi connectivity index (χ0v) is 22.6. The monoisotopic (exact) mass is 531 g/mol. The zero-order valence-electron chi connectivity index (χ0n) is 22.6. The molecule has 1 aromatic heterocycles. The van der Waals surface area contributed by atoms with E-state index in [2.05, 4.69) is 10.3 Å². The Balaban J connectivity index is 1.48. The maximum atomic E-state index is 15.0. The number of nitrogens with one attached hydrogen (secondary N) is 1. The first-order chi connectivity index (χ1) is 18.5. The van der Waals surface area contributed by atoms with Crippen LogP contribution in [-0.2, 0) is 5.92 Å². The second-order valence-corrected chi connectivity index (χ2v) is 10.5. The number of anilines is 1. The standard InChI is InChI=1S/C31H31F2N3O3/c1-18-8-6-9-19(2)26(18)24-16-21(12-13-25(24)39-5)28-34-20(3)27(36(28)38)29(37)35-23-11-7-10-22(17-23)31(32,33)30(4)14-15-30/h6-13,16-17,38H,14-15H2,1-5H3,(H,35,37). The molecule has 1 heterocycles. The van der Waals surface area contributed by atoms with Crippen LogP contribution in [0.25, 0.3) is 22.5 Å². The fourth-order valence-corrected chi connectivity index (χ4v) is 5.08. The van der Waals surface area contributed by atoms with Crippen LogP contribution >= 0.6 is 0 Å². The van der Waals surface area contributed by atoms with Crippen molar-refractivity contribution < 1.29 is 23.5 Å². The lowest BCUT2D eigenvalue weighted by Crippen LogP contribution is -2.25. The molecule has 8 heteroatoms. The second-order valence-electron chi connectivity index (χ2n) is 10.5. The molecule has 0 unspecified atom stereocenters. The average molecular weight is 532 g/mol. The average Bonchev–Trinajstić information content (AvgIpc) is 3.59. The molecule has 1 aliphatic carbocycles. The molecule has 0 spiro atoms. The number of nitrogens with zero attached hydrogens (tertiary/aromatic N) is 2. The Morgan fingerprint density at radius 1 is 1.05 bits per heavy atom. The molecule has 2 N–H and O–H groups in total. The molecular weight excluding hydrogens is 500 g/mol. The highest BCUT2D eigenvalue weighted by Crippen LogP contribution is 2.61. The van der Waals surface area contributed by atoms with Crippen LogP contribution in [0.15, 0.2) is 60.7 Å². The van der Waals surface area contributed by atoms with E-state index in [-0.39, 0.29) is 22.8 Å². The van der Waals surface area contributed by atoms with Crippen LogP contribution < -0.4 is 10.1 Å². The SMILES string of the molecule is COc1ccc(-c2nc(C)c(C(=O)Nc3cccc(C(F)(F)C4(C)CC4)c3)n2O)cc1-c1c(C)cccc1C. The van der Waals surface area contributed by atoms with Gasteiger partial charge in [-0.2, -0.15) is 4.73 Å². The number of methoxy groups -OCH3 is 1. The van der Waals surface area contributed by atoms with E-state index in [9.17, 15) is 18.8 Å². The summed E-state index contributed by atoms with van der Waals surface area (Å²) in [4.78, 5) is 17.7. The predicted octanol–water partition coefficient (Wildman–Crippen LogP) is 7.53. The Morgan fingerprint density at radius 3 is 2.36 bits per heavy atom. The van der Waals surface area contributed by atoms with Gasteiger partial charge in [0.1, 0.15) is 5.75 Å². The van der Waals surface area contributed by atoms with Gasteiger partial charge in [-0.1, -0.05) is 37.3 Å². The van der Waals surface area contributed by atoms with E-state index in [1.54, 1.807) is 39.2 Å². The van der Waals surface area contributed by atoms with E-state index in [0.29, 0.717) is 29.8 Å². The minimum absolute atomic E-state index is 0.0826. The van der Waals surface area contributed by atoms with Crippen LogP contribution in [0.2, 0.25) is 0 Å². The van der Waals surface area contributed by atoms with E-state index < -0.39 is 17.2 Å². The summed E-state index contributed by atoms with van der Waals surface area (Å²) in [6.45, 7) is 7.21. The van der Waals surface area contributed by atoms with Gasteiger partial charge in [0.25, 0.3) is 11.8 Å². The Bertz CT molecular complexity index is 1570. The van der Waals surface area contributed by atoms with Gasteiger partial charge in [-0.3, -0.25) is 4.79 Å². The number of alkyl halides is 2. The molecule has 0 saturated heterocycles. The number of hydrogen-bond acceptors (Lipinski definition) is 4. The number of amides is 1. The van der Waals surface area contributed by atoms with E-state index in [4.69, 9.17) is 4.74 Å². The Hall–Kier alpha value is -4.20. The largest absolute Gasteiger partial charge is 0.496 e. The third kappa shape index (κ3) is 4.54. The summed E-state index contributed by atoms with van der Waals surface area (Å²) in [5.74, 6) is -2.82. The van der Waals surface area contributed by atoms with Crippen molar-refractivity contribution in [2.75, 3.05) is 12.4 Å². The minimum atomic E-state index is -3.00. The van der Waals surface area contributed by atoms with Gasteiger partial charge in [0.15, 0.2) is 11.5 Å². The molecule has 1 amide bonds.